The topological polar surface area (TPSA) is 62.7 Å². The average Bonchev–Trinajstić information content (AvgIpc) is 2.54. The highest BCUT2D eigenvalue weighted by atomic mass is 15.0. The van der Waals surface area contributed by atoms with Crippen molar-refractivity contribution < 1.29 is 0 Å². The van der Waals surface area contributed by atoms with Crippen LogP contribution in [0.25, 0.3) is 0 Å². The lowest BCUT2D eigenvalue weighted by Gasteiger charge is -2.18. The van der Waals surface area contributed by atoms with Gasteiger partial charge in [0.05, 0.1) is 0 Å². The van der Waals surface area contributed by atoms with Crippen LogP contribution in [0, 0.1) is 0 Å². The standard InChI is InChI=1S/C16H21N5/c1-12(20-15-8-10-17-11-19-15)4-6-14-7-5-13-3-2-9-18-16(13)21-14/h5,7-8,10-12H,2-4,6,9H2,1H3,(H,18,21)(H,17,19,20)/t12-/m0/s1. The Hall–Kier alpha value is -2.17. The molecule has 3 rings (SSSR count). The van der Waals surface area contributed by atoms with E-state index in [-0.39, 0.29) is 0 Å². The molecule has 2 aromatic heterocycles. The van der Waals surface area contributed by atoms with Gasteiger partial charge in [0.1, 0.15) is 18.0 Å². The Morgan fingerprint density at radius 2 is 2.29 bits per heavy atom. The van der Waals surface area contributed by atoms with Crippen molar-refractivity contribution in [3.05, 3.63) is 42.0 Å². The molecule has 3 heterocycles. The Labute approximate surface area is 125 Å². The molecule has 0 saturated carbocycles. The van der Waals surface area contributed by atoms with Crippen LogP contribution in [0.5, 0.6) is 0 Å². The SMILES string of the molecule is C[C@@H](CCc1ccc2c(n1)NCCC2)Nc1ccncn1. The first-order chi connectivity index (χ1) is 10.3. The van der Waals surface area contributed by atoms with E-state index in [4.69, 9.17) is 4.98 Å². The maximum absolute atomic E-state index is 4.73. The lowest BCUT2D eigenvalue weighted by molar-refractivity contribution is 0.690. The van der Waals surface area contributed by atoms with E-state index in [0.717, 1.165) is 43.1 Å². The monoisotopic (exact) mass is 283 g/mol. The third kappa shape index (κ3) is 3.68. The first-order valence-electron chi connectivity index (χ1n) is 7.56. The van der Waals surface area contributed by atoms with Crippen molar-refractivity contribution >= 4 is 11.6 Å². The van der Waals surface area contributed by atoms with Crippen LogP contribution in [0.4, 0.5) is 11.6 Å². The molecule has 5 heteroatoms. The summed E-state index contributed by atoms with van der Waals surface area (Å²) in [6.45, 7) is 3.20. The minimum absolute atomic E-state index is 0.352. The molecule has 2 N–H and O–H groups in total. The fourth-order valence-corrected chi connectivity index (χ4v) is 2.57. The van der Waals surface area contributed by atoms with E-state index < -0.39 is 0 Å². The highest BCUT2D eigenvalue weighted by Crippen LogP contribution is 2.20. The summed E-state index contributed by atoms with van der Waals surface area (Å²) in [6, 6.07) is 6.61. The van der Waals surface area contributed by atoms with E-state index in [1.807, 2.05) is 6.07 Å². The molecule has 2 aromatic rings. The van der Waals surface area contributed by atoms with E-state index in [2.05, 4.69) is 39.7 Å². The molecule has 0 saturated heterocycles. The molecular weight excluding hydrogens is 262 g/mol. The van der Waals surface area contributed by atoms with Crippen molar-refractivity contribution in [2.75, 3.05) is 17.2 Å². The molecule has 21 heavy (non-hydrogen) atoms. The van der Waals surface area contributed by atoms with Gasteiger partial charge in [-0.3, -0.25) is 0 Å². The Morgan fingerprint density at radius 3 is 3.14 bits per heavy atom. The molecule has 0 aromatic carbocycles. The van der Waals surface area contributed by atoms with Gasteiger partial charge in [-0.2, -0.15) is 0 Å². The third-order valence-electron chi connectivity index (χ3n) is 3.76. The van der Waals surface area contributed by atoms with Gasteiger partial charge in [0, 0.05) is 24.5 Å². The van der Waals surface area contributed by atoms with Crippen LogP contribution in [0.15, 0.2) is 30.7 Å². The fourth-order valence-electron chi connectivity index (χ4n) is 2.57. The molecule has 5 nitrogen and oxygen atoms in total. The van der Waals surface area contributed by atoms with Crippen LogP contribution in [-0.4, -0.2) is 27.5 Å². The molecular formula is C16H21N5. The van der Waals surface area contributed by atoms with Gasteiger partial charge in [0.2, 0.25) is 0 Å². The highest BCUT2D eigenvalue weighted by molar-refractivity contribution is 5.47. The Bertz CT molecular complexity index is 584. The number of aromatic nitrogens is 3. The van der Waals surface area contributed by atoms with Crippen LogP contribution in [0.1, 0.15) is 31.0 Å². The van der Waals surface area contributed by atoms with Gasteiger partial charge in [0.25, 0.3) is 0 Å². The second-order valence-corrected chi connectivity index (χ2v) is 5.52. The highest BCUT2D eigenvalue weighted by Gasteiger charge is 2.11. The maximum Gasteiger partial charge on any atom is 0.129 e. The molecule has 1 atom stereocenters. The molecule has 0 aliphatic carbocycles. The van der Waals surface area contributed by atoms with Crippen LogP contribution in [0.3, 0.4) is 0 Å². The van der Waals surface area contributed by atoms with E-state index in [1.54, 1.807) is 12.5 Å². The second-order valence-electron chi connectivity index (χ2n) is 5.52. The number of pyridine rings is 1. The summed E-state index contributed by atoms with van der Waals surface area (Å²) in [6.07, 6.45) is 7.64. The maximum atomic E-state index is 4.73. The number of hydrogen-bond donors (Lipinski definition) is 2. The van der Waals surface area contributed by atoms with Crippen molar-refractivity contribution in [3.63, 3.8) is 0 Å². The van der Waals surface area contributed by atoms with Gasteiger partial charge >= 0.3 is 0 Å². The first-order valence-corrected chi connectivity index (χ1v) is 7.56. The number of anilines is 2. The van der Waals surface area contributed by atoms with Gasteiger partial charge in [-0.05, 0) is 50.3 Å². The molecule has 1 aliphatic heterocycles. The Kier molecular flexibility index (Phi) is 4.28. The predicted octanol–water partition coefficient (Wildman–Crippen LogP) is 2.66. The number of fused-ring (bicyclic) bond motifs is 1. The van der Waals surface area contributed by atoms with Gasteiger partial charge in [-0.25, -0.2) is 15.0 Å². The number of nitrogens with zero attached hydrogens (tertiary/aromatic N) is 3. The minimum Gasteiger partial charge on any atom is -0.370 e. The van der Waals surface area contributed by atoms with Crippen molar-refractivity contribution in [2.24, 2.45) is 0 Å². The summed E-state index contributed by atoms with van der Waals surface area (Å²) in [5.74, 6) is 1.95. The second kappa shape index (κ2) is 6.52. The number of hydrogen-bond acceptors (Lipinski definition) is 5. The molecule has 110 valence electrons. The van der Waals surface area contributed by atoms with Gasteiger partial charge in [0.15, 0.2) is 0 Å². The number of nitrogens with one attached hydrogen (secondary N) is 2. The van der Waals surface area contributed by atoms with Crippen LogP contribution >= 0.6 is 0 Å². The van der Waals surface area contributed by atoms with Gasteiger partial charge in [-0.15, -0.1) is 0 Å². The molecule has 0 amide bonds. The van der Waals surface area contributed by atoms with Crippen molar-refractivity contribution in [3.8, 4) is 0 Å². The Balaban J connectivity index is 1.55. The summed E-state index contributed by atoms with van der Waals surface area (Å²) in [7, 11) is 0. The van der Waals surface area contributed by atoms with E-state index in [9.17, 15) is 0 Å². The van der Waals surface area contributed by atoms with Crippen LogP contribution in [0.2, 0.25) is 0 Å². The molecule has 0 radical (unpaired) electrons. The molecule has 0 unspecified atom stereocenters. The van der Waals surface area contributed by atoms with E-state index in [0.29, 0.717) is 6.04 Å². The summed E-state index contributed by atoms with van der Waals surface area (Å²) in [5, 5.41) is 6.77. The lowest BCUT2D eigenvalue weighted by Crippen LogP contribution is -2.18. The zero-order valence-corrected chi connectivity index (χ0v) is 12.3. The lowest BCUT2D eigenvalue weighted by atomic mass is 10.1. The van der Waals surface area contributed by atoms with Crippen molar-refractivity contribution in [1.82, 2.24) is 15.0 Å². The first kappa shape index (κ1) is 13.8. The average molecular weight is 283 g/mol. The van der Waals surface area contributed by atoms with Crippen molar-refractivity contribution in [2.45, 2.75) is 38.6 Å². The van der Waals surface area contributed by atoms with Gasteiger partial charge < -0.3 is 10.6 Å². The van der Waals surface area contributed by atoms with Crippen molar-refractivity contribution in [1.29, 1.82) is 0 Å². The zero-order chi connectivity index (χ0) is 14.5. The van der Waals surface area contributed by atoms with Crippen LogP contribution in [-0.2, 0) is 12.8 Å². The van der Waals surface area contributed by atoms with E-state index >= 15 is 0 Å². The smallest absolute Gasteiger partial charge is 0.129 e. The molecule has 1 aliphatic rings. The third-order valence-corrected chi connectivity index (χ3v) is 3.76. The summed E-state index contributed by atoms with van der Waals surface area (Å²) < 4.78 is 0. The van der Waals surface area contributed by atoms with Crippen LogP contribution < -0.4 is 10.6 Å². The summed E-state index contributed by atoms with van der Waals surface area (Å²) in [5.41, 5.74) is 2.50. The molecule has 0 bridgehead atoms. The molecule has 0 spiro atoms. The largest absolute Gasteiger partial charge is 0.370 e. The minimum atomic E-state index is 0.352. The van der Waals surface area contributed by atoms with E-state index in [1.165, 1.54) is 12.0 Å². The Morgan fingerprint density at radius 1 is 1.33 bits per heavy atom. The fraction of sp³-hybridized carbons (Fsp3) is 0.438. The zero-order valence-electron chi connectivity index (χ0n) is 12.3. The van der Waals surface area contributed by atoms with Gasteiger partial charge in [-0.1, -0.05) is 6.07 Å². The number of rotatable bonds is 5. The normalized spacial score (nSPS) is 14.9. The quantitative estimate of drug-likeness (QED) is 0.883. The predicted molar refractivity (Wildman–Crippen MR) is 84.5 cm³/mol. The summed E-state index contributed by atoms with van der Waals surface area (Å²) >= 11 is 0. The summed E-state index contributed by atoms with van der Waals surface area (Å²) in [4.78, 5) is 12.8. The molecule has 0 fully saturated rings. The number of aryl methyl sites for hydroxylation is 2.